The number of rotatable bonds is 4. The van der Waals surface area contributed by atoms with E-state index in [9.17, 15) is 4.79 Å². The summed E-state index contributed by atoms with van der Waals surface area (Å²) >= 11 is 0. The second-order valence-electron chi connectivity index (χ2n) is 3.82. The number of para-hydroxylation sites is 3. The quantitative estimate of drug-likeness (QED) is 0.844. The van der Waals surface area contributed by atoms with Gasteiger partial charge in [-0.1, -0.05) is 30.3 Å². The summed E-state index contributed by atoms with van der Waals surface area (Å²) in [5.74, 6) is 0.139. The van der Waals surface area contributed by atoms with Gasteiger partial charge in [0.15, 0.2) is 0 Å². The van der Waals surface area contributed by atoms with Crippen molar-refractivity contribution in [3.05, 3.63) is 54.1 Å². The molecular weight excluding hydrogens is 266 g/mol. The van der Waals surface area contributed by atoms with Gasteiger partial charge in [-0.15, -0.1) is 12.4 Å². The molecule has 0 spiro atoms. The van der Waals surface area contributed by atoms with Crippen LogP contribution < -0.4 is 10.5 Å². The van der Waals surface area contributed by atoms with Crippen molar-refractivity contribution < 1.29 is 14.6 Å². The van der Waals surface area contributed by atoms with Gasteiger partial charge in [-0.05, 0) is 18.2 Å². The maximum atomic E-state index is 10.8. The van der Waals surface area contributed by atoms with E-state index in [0.717, 1.165) is 0 Å². The second kappa shape index (κ2) is 6.66. The average Bonchev–Trinajstić information content (AvgIpc) is 2.34. The largest absolute Gasteiger partial charge is 0.481 e. The van der Waals surface area contributed by atoms with E-state index in [-0.39, 0.29) is 18.8 Å². The molecule has 0 aliphatic rings. The summed E-state index contributed by atoms with van der Waals surface area (Å²) in [7, 11) is 0. The van der Waals surface area contributed by atoms with Crippen LogP contribution in [-0.2, 0) is 11.2 Å². The van der Waals surface area contributed by atoms with Crippen LogP contribution in [0.5, 0.6) is 11.5 Å². The lowest BCUT2D eigenvalue weighted by Crippen LogP contribution is -2.02. The fraction of sp³-hybridized carbons (Fsp3) is 0.0714. The number of hydrogen-bond acceptors (Lipinski definition) is 3. The summed E-state index contributed by atoms with van der Waals surface area (Å²) in [6.45, 7) is 0. The first-order chi connectivity index (χ1) is 8.66. The van der Waals surface area contributed by atoms with Crippen molar-refractivity contribution in [3.63, 3.8) is 0 Å². The van der Waals surface area contributed by atoms with Gasteiger partial charge in [0.25, 0.3) is 0 Å². The molecule has 3 N–H and O–H groups in total. The molecule has 0 radical (unpaired) electrons. The lowest BCUT2D eigenvalue weighted by Gasteiger charge is -2.11. The van der Waals surface area contributed by atoms with Gasteiger partial charge in [-0.3, -0.25) is 4.79 Å². The molecule has 4 nitrogen and oxygen atoms in total. The van der Waals surface area contributed by atoms with Crippen LogP contribution in [0.3, 0.4) is 0 Å². The topological polar surface area (TPSA) is 72.5 Å². The SMILES string of the molecule is Cl.Nc1ccccc1Oc1ccccc1CC(=O)O. The molecule has 0 aliphatic heterocycles. The highest BCUT2D eigenvalue weighted by atomic mass is 35.5. The predicted octanol–water partition coefficient (Wildman–Crippen LogP) is 3.11. The lowest BCUT2D eigenvalue weighted by atomic mass is 10.1. The number of nitrogens with two attached hydrogens (primary N) is 1. The Morgan fingerprint density at radius 3 is 2.26 bits per heavy atom. The summed E-state index contributed by atoms with van der Waals surface area (Å²) in [5.41, 5.74) is 6.91. The minimum absolute atomic E-state index is 0. The van der Waals surface area contributed by atoms with E-state index in [1.807, 2.05) is 12.1 Å². The van der Waals surface area contributed by atoms with Crippen molar-refractivity contribution in [2.75, 3.05) is 5.73 Å². The molecule has 0 unspecified atom stereocenters. The van der Waals surface area contributed by atoms with E-state index in [0.29, 0.717) is 22.7 Å². The maximum Gasteiger partial charge on any atom is 0.307 e. The number of carboxylic acids is 1. The standard InChI is InChI=1S/C14H13NO3.ClH/c15-11-6-2-4-8-13(11)18-12-7-3-1-5-10(12)9-14(16)17;/h1-8H,9,15H2,(H,16,17);1H. The van der Waals surface area contributed by atoms with Crippen LogP contribution in [0.1, 0.15) is 5.56 Å². The molecule has 0 amide bonds. The van der Waals surface area contributed by atoms with E-state index in [1.54, 1.807) is 36.4 Å². The van der Waals surface area contributed by atoms with Gasteiger partial charge < -0.3 is 15.6 Å². The summed E-state index contributed by atoms with van der Waals surface area (Å²) in [6, 6.07) is 14.1. The molecule has 19 heavy (non-hydrogen) atoms. The first-order valence-electron chi connectivity index (χ1n) is 5.49. The minimum atomic E-state index is -0.896. The van der Waals surface area contributed by atoms with Crippen molar-refractivity contribution in [2.24, 2.45) is 0 Å². The molecule has 100 valence electrons. The third-order valence-corrected chi connectivity index (χ3v) is 2.45. The summed E-state index contributed by atoms with van der Waals surface area (Å²) in [5, 5.41) is 8.83. The zero-order chi connectivity index (χ0) is 13.0. The van der Waals surface area contributed by atoms with Gasteiger partial charge in [-0.25, -0.2) is 0 Å². The average molecular weight is 280 g/mol. The Morgan fingerprint density at radius 1 is 1.05 bits per heavy atom. The number of anilines is 1. The van der Waals surface area contributed by atoms with Gasteiger partial charge in [0, 0.05) is 5.56 Å². The van der Waals surface area contributed by atoms with Gasteiger partial charge in [0.1, 0.15) is 11.5 Å². The first kappa shape index (κ1) is 14.9. The van der Waals surface area contributed by atoms with Gasteiger partial charge in [-0.2, -0.15) is 0 Å². The zero-order valence-electron chi connectivity index (χ0n) is 10.1. The third-order valence-electron chi connectivity index (χ3n) is 2.45. The lowest BCUT2D eigenvalue weighted by molar-refractivity contribution is -0.136. The smallest absolute Gasteiger partial charge is 0.307 e. The molecule has 5 heteroatoms. The van der Waals surface area contributed by atoms with Gasteiger partial charge in [0.05, 0.1) is 12.1 Å². The molecule has 0 aromatic heterocycles. The van der Waals surface area contributed by atoms with Crippen molar-refractivity contribution in [3.8, 4) is 11.5 Å². The van der Waals surface area contributed by atoms with E-state index < -0.39 is 5.97 Å². The van der Waals surface area contributed by atoms with Crippen LogP contribution in [0, 0.1) is 0 Å². The van der Waals surface area contributed by atoms with Crippen LogP contribution in [-0.4, -0.2) is 11.1 Å². The van der Waals surface area contributed by atoms with Crippen LogP contribution in [0.4, 0.5) is 5.69 Å². The number of ether oxygens (including phenoxy) is 1. The molecule has 0 saturated carbocycles. The highest BCUT2D eigenvalue weighted by molar-refractivity contribution is 5.85. The Labute approximate surface area is 117 Å². The van der Waals surface area contributed by atoms with E-state index in [2.05, 4.69) is 0 Å². The number of hydrogen-bond donors (Lipinski definition) is 2. The predicted molar refractivity (Wildman–Crippen MR) is 76.0 cm³/mol. The third kappa shape index (κ3) is 3.89. The van der Waals surface area contributed by atoms with Crippen molar-refractivity contribution in [1.29, 1.82) is 0 Å². The van der Waals surface area contributed by atoms with Crippen LogP contribution in [0.15, 0.2) is 48.5 Å². The monoisotopic (exact) mass is 279 g/mol. The number of halogens is 1. The van der Waals surface area contributed by atoms with Crippen LogP contribution >= 0.6 is 12.4 Å². The molecule has 0 saturated heterocycles. The number of aliphatic carboxylic acids is 1. The Balaban J connectivity index is 0.00000180. The second-order valence-corrected chi connectivity index (χ2v) is 3.82. The zero-order valence-corrected chi connectivity index (χ0v) is 10.9. The highest BCUT2D eigenvalue weighted by Gasteiger charge is 2.09. The van der Waals surface area contributed by atoms with Crippen LogP contribution in [0.25, 0.3) is 0 Å². The molecule has 0 fully saturated rings. The molecule has 2 rings (SSSR count). The molecule has 2 aromatic carbocycles. The minimum Gasteiger partial charge on any atom is -0.481 e. The molecule has 0 heterocycles. The first-order valence-corrected chi connectivity index (χ1v) is 5.49. The number of carbonyl (C=O) groups is 1. The Kier molecular flexibility index (Phi) is 5.21. The molecule has 0 atom stereocenters. The normalized spacial score (nSPS) is 9.47. The van der Waals surface area contributed by atoms with Gasteiger partial charge in [0.2, 0.25) is 0 Å². The summed E-state index contributed by atoms with van der Waals surface area (Å²) in [4.78, 5) is 10.8. The van der Waals surface area contributed by atoms with E-state index in [4.69, 9.17) is 15.6 Å². The number of nitrogen functional groups attached to an aromatic ring is 1. The maximum absolute atomic E-state index is 10.8. The molecular formula is C14H14ClNO3. The van der Waals surface area contributed by atoms with Crippen molar-refractivity contribution in [1.82, 2.24) is 0 Å². The van der Waals surface area contributed by atoms with Crippen molar-refractivity contribution >= 4 is 24.1 Å². The van der Waals surface area contributed by atoms with E-state index >= 15 is 0 Å². The van der Waals surface area contributed by atoms with E-state index in [1.165, 1.54) is 0 Å². The Bertz CT molecular complexity index is 572. The highest BCUT2D eigenvalue weighted by Crippen LogP contribution is 2.29. The number of carboxylic acid groups (broad SMARTS) is 1. The fourth-order valence-corrected chi connectivity index (χ4v) is 1.60. The van der Waals surface area contributed by atoms with Gasteiger partial charge >= 0.3 is 5.97 Å². The number of benzene rings is 2. The summed E-state index contributed by atoms with van der Waals surface area (Å²) < 4.78 is 5.65. The summed E-state index contributed by atoms with van der Waals surface area (Å²) in [6.07, 6.45) is -0.0804. The molecule has 0 bridgehead atoms. The van der Waals surface area contributed by atoms with Crippen LogP contribution in [0.2, 0.25) is 0 Å². The Hall–Kier alpha value is -2.20. The molecule has 2 aromatic rings. The van der Waals surface area contributed by atoms with Crippen molar-refractivity contribution in [2.45, 2.75) is 6.42 Å². The Morgan fingerprint density at radius 2 is 1.63 bits per heavy atom. The molecule has 0 aliphatic carbocycles. The fourth-order valence-electron chi connectivity index (χ4n) is 1.60.